The first kappa shape index (κ1) is 15.3. The molecule has 23 heavy (non-hydrogen) atoms. The van der Waals surface area contributed by atoms with Crippen LogP contribution in [0.5, 0.6) is 0 Å². The molecule has 1 aromatic heterocycles. The minimum absolute atomic E-state index is 0.300. The molecule has 0 unspecified atom stereocenters. The quantitative estimate of drug-likeness (QED) is 0.874. The number of anilines is 1. The van der Waals surface area contributed by atoms with Crippen molar-refractivity contribution in [3.8, 4) is 0 Å². The van der Waals surface area contributed by atoms with Gasteiger partial charge in [-0.3, -0.25) is 10.1 Å². The fourth-order valence-electron chi connectivity index (χ4n) is 2.37. The average molecular weight is 335 g/mol. The van der Waals surface area contributed by atoms with Crippen molar-refractivity contribution in [3.63, 3.8) is 0 Å². The lowest BCUT2D eigenvalue weighted by molar-refractivity contribution is -0.127. The molecule has 120 valence electrons. The Bertz CT molecular complexity index is 733. The average Bonchev–Trinajstić information content (AvgIpc) is 2.93. The number of piperazine rings is 1. The summed E-state index contributed by atoms with van der Waals surface area (Å²) in [5.41, 5.74) is 0.548. The Labute approximate surface area is 135 Å². The highest BCUT2D eigenvalue weighted by molar-refractivity contribution is 7.09. The Morgan fingerprint density at radius 3 is 2.83 bits per heavy atom. The smallest absolute Gasteiger partial charge is 0.324 e. The fraction of sp³-hybridized carbons (Fsp3) is 0.286. The Morgan fingerprint density at radius 2 is 2.17 bits per heavy atom. The van der Waals surface area contributed by atoms with E-state index in [0.717, 1.165) is 11.5 Å². The summed E-state index contributed by atoms with van der Waals surface area (Å²) in [6, 6.07) is 4.28. The number of aryl methyl sites for hydroxylation is 1. The molecular weight excluding hydrogens is 321 g/mol. The SMILES string of the molecule is Cc1nsc(NC(=O)N2CCNC(=O)[C@H]2c2ccc(F)cc2)n1. The summed E-state index contributed by atoms with van der Waals surface area (Å²) in [5, 5.41) is 5.73. The Kier molecular flexibility index (Phi) is 4.20. The predicted octanol–water partition coefficient (Wildman–Crippen LogP) is 1.69. The summed E-state index contributed by atoms with van der Waals surface area (Å²) in [7, 11) is 0. The lowest BCUT2D eigenvalue weighted by Gasteiger charge is -2.34. The van der Waals surface area contributed by atoms with E-state index in [0.29, 0.717) is 29.6 Å². The molecule has 0 saturated carbocycles. The van der Waals surface area contributed by atoms with Crippen molar-refractivity contribution in [1.29, 1.82) is 0 Å². The summed E-state index contributed by atoms with van der Waals surface area (Å²) in [5.74, 6) is -0.131. The van der Waals surface area contributed by atoms with Crippen LogP contribution in [0.3, 0.4) is 0 Å². The monoisotopic (exact) mass is 335 g/mol. The number of carbonyl (C=O) groups excluding carboxylic acids is 2. The van der Waals surface area contributed by atoms with Crippen LogP contribution in [0.4, 0.5) is 14.3 Å². The maximum Gasteiger partial charge on any atom is 0.324 e. The van der Waals surface area contributed by atoms with Gasteiger partial charge in [0, 0.05) is 24.6 Å². The topological polar surface area (TPSA) is 87.2 Å². The number of amides is 3. The van der Waals surface area contributed by atoms with Crippen molar-refractivity contribution in [2.45, 2.75) is 13.0 Å². The van der Waals surface area contributed by atoms with Gasteiger partial charge in [-0.05, 0) is 24.6 Å². The molecule has 9 heteroatoms. The highest BCUT2D eigenvalue weighted by atomic mass is 32.1. The third-order valence-electron chi connectivity index (χ3n) is 3.40. The molecule has 1 aromatic carbocycles. The van der Waals surface area contributed by atoms with Crippen LogP contribution >= 0.6 is 11.5 Å². The molecule has 0 spiro atoms. The number of hydrogen-bond donors (Lipinski definition) is 2. The summed E-state index contributed by atoms with van der Waals surface area (Å²) >= 11 is 1.07. The second-order valence-corrected chi connectivity index (χ2v) is 5.77. The molecule has 0 aliphatic carbocycles. The van der Waals surface area contributed by atoms with Gasteiger partial charge in [0.2, 0.25) is 11.0 Å². The van der Waals surface area contributed by atoms with Crippen LogP contribution in [0, 0.1) is 12.7 Å². The summed E-state index contributed by atoms with van der Waals surface area (Å²) in [4.78, 5) is 30.1. The summed E-state index contributed by atoms with van der Waals surface area (Å²) in [6.07, 6.45) is 0. The fourth-order valence-corrected chi connectivity index (χ4v) is 2.94. The van der Waals surface area contributed by atoms with Gasteiger partial charge in [-0.15, -0.1) is 0 Å². The van der Waals surface area contributed by atoms with E-state index in [1.54, 1.807) is 6.92 Å². The number of urea groups is 1. The van der Waals surface area contributed by atoms with Gasteiger partial charge in [0.05, 0.1) is 0 Å². The van der Waals surface area contributed by atoms with Crippen LogP contribution in [-0.2, 0) is 4.79 Å². The molecule has 0 radical (unpaired) electrons. The summed E-state index contributed by atoms with van der Waals surface area (Å²) in [6.45, 7) is 2.43. The van der Waals surface area contributed by atoms with Crippen molar-refractivity contribution in [1.82, 2.24) is 19.6 Å². The Morgan fingerprint density at radius 1 is 1.43 bits per heavy atom. The van der Waals surface area contributed by atoms with E-state index in [1.165, 1.54) is 29.2 Å². The third kappa shape index (κ3) is 3.29. The zero-order valence-electron chi connectivity index (χ0n) is 12.2. The first-order valence-electron chi connectivity index (χ1n) is 6.96. The molecule has 3 rings (SSSR count). The lowest BCUT2D eigenvalue weighted by atomic mass is 10.0. The van der Waals surface area contributed by atoms with Crippen molar-refractivity contribution in [3.05, 3.63) is 41.5 Å². The van der Waals surface area contributed by atoms with Crippen LogP contribution in [0.25, 0.3) is 0 Å². The molecular formula is C14H14FN5O2S. The second-order valence-electron chi connectivity index (χ2n) is 5.02. The van der Waals surface area contributed by atoms with Crippen LogP contribution in [0.2, 0.25) is 0 Å². The van der Waals surface area contributed by atoms with Crippen molar-refractivity contribution in [2.75, 3.05) is 18.4 Å². The van der Waals surface area contributed by atoms with E-state index in [2.05, 4.69) is 20.0 Å². The molecule has 1 saturated heterocycles. The number of aromatic nitrogens is 2. The first-order valence-corrected chi connectivity index (χ1v) is 7.73. The van der Waals surface area contributed by atoms with Crippen molar-refractivity contribution in [2.24, 2.45) is 0 Å². The normalized spacial score (nSPS) is 17.7. The maximum atomic E-state index is 13.1. The molecule has 1 fully saturated rings. The minimum Gasteiger partial charge on any atom is -0.352 e. The second kappa shape index (κ2) is 6.29. The molecule has 1 aliphatic heterocycles. The molecule has 1 atom stereocenters. The zero-order chi connectivity index (χ0) is 16.4. The number of nitrogens with one attached hydrogen (secondary N) is 2. The Balaban J connectivity index is 1.83. The molecule has 2 aromatic rings. The molecule has 3 amide bonds. The molecule has 2 heterocycles. The van der Waals surface area contributed by atoms with E-state index >= 15 is 0 Å². The zero-order valence-corrected chi connectivity index (χ0v) is 13.1. The van der Waals surface area contributed by atoms with Crippen molar-refractivity contribution < 1.29 is 14.0 Å². The van der Waals surface area contributed by atoms with Gasteiger partial charge in [0.25, 0.3) is 0 Å². The summed E-state index contributed by atoms with van der Waals surface area (Å²) < 4.78 is 17.1. The van der Waals surface area contributed by atoms with Gasteiger partial charge >= 0.3 is 6.03 Å². The number of benzene rings is 1. The lowest BCUT2D eigenvalue weighted by Crippen LogP contribution is -2.53. The van der Waals surface area contributed by atoms with Crippen LogP contribution in [0.15, 0.2) is 24.3 Å². The minimum atomic E-state index is -0.807. The first-order chi connectivity index (χ1) is 11.0. The van der Waals surface area contributed by atoms with E-state index in [1.807, 2.05) is 0 Å². The van der Waals surface area contributed by atoms with Gasteiger partial charge < -0.3 is 10.2 Å². The van der Waals surface area contributed by atoms with Crippen LogP contribution < -0.4 is 10.6 Å². The third-order valence-corrected chi connectivity index (χ3v) is 4.12. The van der Waals surface area contributed by atoms with E-state index in [4.69, 9.17) is 0 Å². The number of carbonyl (C=O) groups is 2. The van der Waals surface area contributed by atoms with Gasteiger partial charge in [-0.2, -0.15) is 4.37 Å². The Hall–Kier alpha value is -2.55. The number of nitrogens with zero attached hydrogens (tertiary/aromatic N) is 3. The van der Waals surface area contributed by atoms with Crippen LogP contribution in [-0.4, -0.2) is 39.3 Å². The molecule has 7 nitrogen and oxygen atoms in total. The van der Waals surface area contributed by atoms with E-state index in [-0.39, 0.29) is 5.91 Å². The standard InChI is InChI=1S/C14H14FN5O2S/c1-8-17-13(23-19-8)18-14(22)20-7-6-16-12(21)11(20)9-2-4-10(15)5-3-9/h2-5,11H,6-7H2,1H3,(H,16,21)(H,17,18,19,22)/t11-/m1/s1. The molecule has 2 N–H and O–H groups in total. The highest BCUT2D eigenvalue weighted by Gasteiger charge is 2.34. The highest BCUT2D eigenvalue weighted by Crippen LogP contribution is 2.24. The van der Waals surface area contributed by atoms with Gasteiger partial charge in [0.15, 0.2) is 0 Å². The number of rotatable bonds is 2. The van der Waals surface area contributed by atoms with E-state index in [9.17, 15) is 14.0 Å². The number of hydrogen-bond acceptors (Lipinski definition) is 5. The van der Waals surface area contributed by atoms with Gasteiger partial charge in [-0.1, -0.05) is 12.1 Å². The largest absolute Gasteiger partial charge is 0.352 e. The maximum absolute atomic E-state index is 13.1. The van der Waals surface area contributed by atoms with Crippen molar-refractivity contribution >= 4 is 28.6 Å². The molecule has 1 aliphatic rings. The van der Waals surface area contributed by atoms with Gasteiger partial charge in [0.1, 0.15) is 17.7 Å². The predicted molar refractivity (Wildman–Crippen MR) is 82.5 cm³/mol. The van der Waals surface area contributed by atoms with E-state index < -0.39 is 17.9 Å². The van der Waals surface area contributed by atoms with Gasteiger partial charge in [-0.25, -0.2) is 14.2 Å². The molecule has 0 bridgehead atoms. The number of halogens is 1. The van der Waals surface area contributed by atoms with Crippen LogP contribution in [0.1, 0.15) is 17.4 Å².